The standard InChI is InChI=1S/C22H25N7O2/c30-21(7-4-11-29-16-24-15-26-29)27-20-14-28(22(31)19-13-23-9-10-25-19)12-8-18(20)17-5-2-1-3-6-17/h1-3,5-6,9-10,13,15-16,18,20H,4,7-8,11-12,14H2,(H,27,30)/t18-,20-/m0/s1. The molecule has 0 radical (unpaired) electrons. The highest BCUT2D eigenvalue weighted by Crippen LogP contribution is 2.29. The van der Waals surface area contributed by atoms with Gasteiger partial charge >= 0.3 is 0 Å². The van der Waals surface area contributed by atoms with Crippen molar-refractivity contribution in [3.05, 3.63) is 72.8 Å². The maximum Gasteiger partial charge on any atom is 0.274 e. The average molecular weight is 419 g/mol. The van der Waals surface area contributed by atoms with Crippen molar-refractivity contribution in [2.45, 2.75) is 37.8 Å². The number of piperidine rings is 1. The molecule has 2 atom stereocenters. The van der Waals surface area contributed by atoms with Gasteiger partial charge in [-0.1, -0.05) is 30.3 Å². The van der Waals surface area contributed by atoms with Gasteiger partial charge in [-0.05, 0) is 18.4 Å². The number of rotatable bonds is 7. The maximum atomic E-state index is 12.9. The third-order valence-corrected chi connectivity index (χ3v) is 5.51. The molecule has 1 aliphatic rings. The highest BCUT2D eigenvalue weighted by atomic mass is 16.2. The first-order valence-corrected chi connectivity index (χ1v) is 10.4. The van der Waals surface area contributed by atoms with Gasteiger partial charge in [0, 0.05) is 44.4 Å². The monoisotopic (exact) mass is 419 g/mol. The first kappa shape index (κ1) is 20.6. The molecule has 2 amide bonds. The zero-order valence-electron chi connectivity index (χ0n) is 17.2. The van der Waals surface area contributed by atoms with Crippen LogP contribution in [0.5, 0.6) is 0 Å². The fourth-order valence-electron chi connectivity index (χ4n) is 3.98. The van der Waals surface area contributed by atoms with Crippen LogP contribution in [-0.2, 0) is 11.3 Å². The molecule has 1 aromatic carbocycles. The quantitative estimate of drug-likeness (QED) is 0.624. The first-order chi connectivity index (χ1) is 15.2. The van der Waals surface area contributed by atoms with E-state index in [2.05, 4.69) is 37.5 Å². The number of aromatic nitrogens is 5. The summed E-state index contributed by atoms with van der Waals surface area (Å²) >= 11 is 0. The van der Waals surface area contributed by atoms with Crippen LogP contribution < -0.4 is 5.32 Å². The van der Waals surface area contributed by atoms with E-state index < -0.39 is 0 Å². The molecular formula is C22H25N7O2. The van der Waals surface area contributed by atoms with Crippen molar-refractivity contribution in [1.82, 2.24) is 34.9 Å². The Morgan fingerprint density at radius 2 is 2.00 bits per heavy atom. The van der Waals surface area contributed by atoms with E-state index in [0.29, 0.717) is 38.2 Å². The lowest BCUT2D eigenvalue weighted by molar-refractivity contribution is -0.122. The molecule has 3 aromatic rings. The van der Waals surface area contributed by atoms with Crippen molar-refractivity contribution in [3.8, 4) is 0 Å². The summed E-state index contributed by atoms with van der Waals surface area (Å²) in [6.45, 7) is 1.68. The van der Waals surface area contributed by atoms with Crippen LogP contribution in [0.15, 0.2) is 61.6 Å². The fourth-order valence-corrected chi connectivity index (χ4v) is 3.98. The number of nitrogens with zero attached hydrogens (tertiary/aromatic N) is 6. The number of aryl methyl sites for hydroxylation is 1. The lowest BCUT2D eigenvalue weighted by Gasteiger charge is -2.39. The number of hydrogen-bond donors (Lipinski definition) is 1. The zero-order valence-corrected chi connectivity index (χ0v) is 17.2. The molecule has 1 fully saturated rings. The van der Waals surface area contributed by atoms with Gasteiger partial charge in [0.1, 0.15) is 18.3 Å². The smallest absolute Gasteiger partial charge is 0.274 e. The van der Waals surface area contributed by atoms with E-state index in [1.165, 1.54) is 24.3 Å². The third kappa shape index (κ3) is 5.30. The second-order valence-corrected chi connectivity index (χ2v) is 7.58. The predicted octanol–water partition coefficient (Wildman–Crippen LogP) is 1.66. The van der Waals surface area contributed by atoms with Gasteiger partial charge < -0.3 is 10.2 Å². The molecule has 31 heavy (non-hydrogen) atoms. The largest absolute Gasteiger partial charge is 0.351 e. The van der Waals surface area contributed by atoms with Crippen molar-refractivity contribution in [1.29, 1.82) is 0 Å². The van der Waals surface area contributed by atoms with Crippen LogP contribution in [0, 0.1) is 0 Å². The summed E-state index contributed by atoms with van der Waals surface area (Å²) in [5, 5.41) is 7.23. The number of likely N-dealkylation sites (tertiary alicyclic amines) is 1. The van der Waals surface area contributed by atoms with Crippen LogP contribution >= 0.6 is 0 Å². The Hall–Kier alpha value is -3.62. The van der Waals surface area contributed by atoms with Crippen LogP contribution in [0.3, 0.4) is 0 Å². The van der Waals surface area contributed by atoms with E-state index in [9.17, 15) is 9.59 Å². The fraction of sp³-hybridized carbons (Fsp3) is 0.364. The number of amides is 2. The normalized spacial score (nSPS) is 18.5. The molecular weight excluding hydrogens is 394 g/mol. The molecule has 1 aliphatic heterocycles. The Labute approximate surface area is 180 Å². The Bertz CT molecular complexity index is 980. The van der Waals surface area contributed by atoms with Crippen LogP contribution in [-0.4, -0.2) is 60.6 Å². The Morgan fingerprint density at radius 3 is 2.74 bits per heavy atom. The molecule has 1 saturated heterocycles. The van der Waals surface area contributed by atoms with Gasteiger partial charge in [-0.3, -0.25) is 19.3 Å². The molecule has 0 aliphatic carbocycles. The lowest BCUT2D eigenvalue weighted by atomic mass is 9.85. The highest BCUT2D eigenvalue weighted by molar-refractivity contribution is 5.92. The molecule has 2 aromatic heterocycles. The van der Waals surface area contributed by atoms with Crippen LogP contribution in [0.4, 0.5) is 0 Å². The molecule has 3 heterocycles. The van der Waals surface area contributed by atoms with E-state index in [1.807, 2.05) is 18.2 Å². The summed E-state index contributed by atoms with van der Waals surface area (Å²) in [7, 11) is 0. The van der Waals surface area contributed by atoms with E-state index in [-0.39, 0.29) is 23.8 Å². The van der Waals surface area contributed by atoms with Crippen molar-refractivity contribution in [3.63, 3.8) is 0 Å². The van der Waals surface area contributed by atoms with Crippen LogP contribution in [0.1, 0.15) is 41.2 Å². The minimum Gasteiger partial charge on any atom is -0.351 e. The summed E-state index contributed by atoms with van der Waals surface area (Å²) in [6, 6.07) is 9.97. The van der Waals surface area contributed by atoms with Gasteiger partial charge in [0.05, 0.1) is 12.2 Å². The molecule has 0 spiro atoms. The van der Waals surface area contributed by atoms with Gasteiger partial charge in [0.25, 0.3) is 5.91 Å². The molecule has 160 valence electrons. The lowest BCUT2D eigenvalue weighted by Crippen LogP contribution is -2.53. The van der Waals surface area contributed by atoms with Crippen LogP contribution in [0.2, 0.25) is 0 Å². The van der Waals surface area contributed by atoms with E-state index in [4.69, 9.17) is 0 Å². The molecule has 1 N–H and O–H groups in total. The van der Waals surface area contributed by atoms with Gasteiger partial charge in [0.15, 0.2) is 0 Å². The summed E-state index contributed by atoms with van der Waals surface area (Å²) in [4.78, 5) is 39.3. The minimum atomic E-state index is -0.171. The Kier molecular flexibility index (Phi) is 6.61. The number of benzene rings is 1. The van der Waals surface area contributed by atoms with Crippen molar-refractivity contribution >= 4 is 11.8 Å². The number of nitrogens with one attached hydrogen (secondary N) is 1. The summed E-state index contributed by atoms with van der Waals surface area (Å²) < 4.78 is 1.71. The average Bonchev–Trinajstić information content (AvgIpc) is 3.33. The number of carbonyl (C=O) groups is 2. The molecule has 0 unspecified atom stereocenters. The summed E-state index contributed by atoms with van der Waals surface area (Å²) in [5.74, 6) is -0.0451. The second kappa shape index (κ2) is 9.92. The molecule has 0 bridgehead atoms. The Morgan fingerprint density at radius 1 is 1.13 bits per heavy atom. The molecule has 9 heteroatoms. The topological polar surface area (TPSA) is 106 Å². The van der Waals surface area contributed by atoms with Crippen molar-refractivity contribution in [2.24, 2.45) is 0 Å². The number of hydrogen-bond acceptors (Lipinski definition) is 6. The highest BCUT2D eigenvalue weighted by Gasteiger charge is 2.34. The van der Waals surface area contributed by atoms with Gasteiger partial charge in [-0.2, -0.15) is 5.10 Å². The number of carbonyl (C=O) groups excluding carboxylic acids is 2. The SMILES string of the molecule is O=C(CCCn1cncn1)N[C@H]1CN(C(=O)c2cnccn2)CC[C@H]1c1ccccc1. The van der Waals surface area contributed by atoms with Gasteiger partial charge in [0.2, 0.25) is 5.91 Å². The first-order valence-electron chi connectivity index (χ1n) is 10.4. The van der Waals surface area contributed by atoms with E-state index in [0.717, 1.165) is 6.42 Å². The molecule has 9 nitrogen and oxygen atoms in total. The minimum absolute atomic E-state index is 0.0279. The summed E-state index contributed by atoms with van der Waals surface area (Å²) in [5.41, 5.74) is 1.49. The maximum absolute atomic E-state index is 12.9. The van der Waals surface area contributed by atoms with Gasteiger partial charge in [-0.25, -0.2) is 9.97 Å². The van der Waals surface area contributed by atoms with Crippen LogP contribution in [0.25, 0.3) is 0 Å². The second-order valence-electron chi connectivity index (χ2n) is 7.58. The van der Waals surface area contributed by atoms with E-state index >= 15 is 0 Å². The van der Waals surface area contributed by atoms with Crippen molar-refractivity contribution < 1.29 is 9.59 Å². The Balaban J connectivity index is 1.42. The van der Waals surface area contributed by atoms with Crippen molar-refractivity contribution in [2.75, 3.05) is 13.1 Å². The molecule has 0 saturated carbocycles. The molecule has 4 rings (SSSR count). The summed E-state index contributed by atoms with van der Waals surface area (Å²) in [6.07, 6.45) is 9.47. The third-order valence-electron chi connectivity index (χ3n) is 5.51. The van der Waals surface area contributed by atoms with E-state index in [1.54, 1.807) is 22.1 Å². The zero-order chi connectivity index (χ0) is 21.5. The van der Waals surface area contributed by atoms with Gasteiger partial charge in [-0.15, -0.1) is 0 Å². The predicted molar refractivity (Wildman–Crippen MR) is 113 cm³/mol.